The maximum atomic E-state index is 12.5. The highest BCUT2D eigenvalue weighted by Gasteiger charge is 2.45. The standard InChI is InChI=1S/C8H7F3OS2/c9-8(10,11)6-5(1-2-14-6)7(12)3-13-4-7/h1-2,12H,3-4H2. The number of hydrogen-bond donors (Lipinski definition) is 1. The summed E-state index contributed by atoms with van der Waals surface area (Å²) in [7, 11) is 0. The van der Waals surface area contributed by atoms with E-state index in [1.165, 1.54) is 23.2 Å². The molecule has 2 heterocycles. The summed E-state index contributed by atoms with van der Waals surface area (Å²) in [5, 5.41) is 11.2. The number of thioether (sulfide) groups is 1. The lowest BCUT2D eigenvalue weighted by molar-refractivity contribution is -0.136. The molecule has 0 unspecified atom stereocenters. The van der Waals surface area contributed by atoms with Crippen LogP contribution in [-0.2, 0) is 11.8 Å². The molecule has 0 spiro atoms. The number of rotatable bonds is 1. The molecular weight excluding hydrogens is 233 g/mol. The maximum Gasteiger partial charge on any atom is 0.425 e. The molecule has 0 saturated carbocycles. The van der Waals surface area contributed by atoms with Gasteiger partial charge in [-0.1, -0.05) is 0 Å². The van der Waals surface area contributed by atoms with Crippen molar-refractivity contribution in [3.8, 4) is 0 Å². The molecule has 0 atom stereocenters. The number of hydrogen-bond acceptors (Lipinski definition) is 3. The molecule has 1 N–H and O–H groups in total. The Morgan fingerprint density at radius 1 is 1.36 bits per heavy atom. The highest BCUT2D eigenvalue weighted by Crippen LogP contribution is 2.46. The van der Waals surface area contributed by atoms with E-state index in [4.69, 9.17) is 0 Å². The van der Waals surface area contributed by atoms with Crippen LogP contribution in [0.5, 0.6) is 0 Å². The summed E-state index contributed by atoms with van der Waals surface area (Å²) < 4.78 is 37.4. The molecule has 1 aromatic heterocycles. The Morgan fingerprint density at radius 2 is 2.00 bits per heavy atom. The summed E-state index contributed by atoms with van der Waals surface area (Å²) >= 11 is 2.09. The highest BCUT2D eigenvalue weighted by molar-refractivity contribution is 8.00. The molecule has 1 aliphatic rings. The summed E-state index contributed by atoms with van der Waals surface area (Å²) in [4.78, 5) is -0.666. The first-order valence-electron chi connectivity index (χ1n) is 3.89. The molecule has 14 heavy (non-hydrogen) atoms. The average molecular weight is 240 g/mol. The van der Waals surface area contributed by atoms with Gasteiger partial charge in [0.2, 0.25) is 0 Å². The van der Waals surface area contributed by atoms with E-state index in [9.17, 15) is 18.3 Å². The largest absolute Gasteiger partial charge is 0.425 e. The zero-order valence-corrected chi connectivity index (χ0v) is 8.60. The van der Waals surface area contributed by atoms with E-state index in [-0.39, 0.29) is 5.56 Å². The van der Waals surface area contributed by atoms with Crippen LogP contribution in [0, 0.1) is 0 Å². The van der Waals surface area contributed by atoms with Gasteiger partial charge < -0.3 is 5.11 Å². The van der Waals surface area contributed by atoms with Gasteiger partial charge in [-0.25, -0.2) is 0 Å². The Hall–Kier alpha value is -0.200. The third-order valence-corrected chi connectivity index (χ3v) is 4.43. The molecule has 0 amide bonds. The fourth-order valence-corrected chi connectivity index (χ4v) is 3.11. The van der Waals surface area contributed by atoms with Gasteiger partial charge in [0.25, 0.3) is 0 Å². The molecule has 1 fully saturated rings. The monoisotopic (exact) mass is 240 g/mol. The first kappa shape index (κ1) is 10.3. The SMILES string of the molecule is OC1(c2ccsc2C(F)(F)F)CSC1. The van der Waals surface area contributed by atoms with Crippen LogP contribution < -0.4 is 0 Å². The minimum absolute atomic E-state index is 0.0359. The van der Waals surface area contributed by atoms with Gasteiger partial charge in [-0.3, -0.25) is 0 Å². The van der Waals surface area contributed by atoms with Crippen LogP contribution in [0.2, 0.25) is 0 Å². The van der Waals surface area contributed by atoms with Gasteiger partial charge >= 0.3 is 6.18 Å². The van der Waals surface area contributed by atoms with Crippen molar-refractivity contribution in [3.63, 3.8) is 0 Å². The van der Waals surface area contributed by atoms with Crippen molar-refractivity contribution in [2.75, 3.05) is 11.5 Å². The third kappa shape index (κ3) is 1.55. The number of alkyl halides is 3. The molecule has 0 aliphatic carbocycles. The van der Waals surface area contributed by atoms with Gasteiger partial charge in [0, 0.05) is 17.1 Å². The summed E-state index contributed by atoms with van der Waals surface area (Å²) in [6.45, 7) is 0. The second-order valence-corrected chi connectivity index (χ2v) is 5.09. The van der Waals surface area contributed by atoms with Crippen molar-refractivity contribution in [3.05, 3.63) is 21.9 Å². The molecule has 1 aromatic rings. The summed E-state index contributed by atoms with van der Waals surface area (Å²) in [6.07, 6.45) is -4.35. The Morgan fingerprint density at radius 3 is 2.43 bits per heavy atom. The quantitative estimate of drug-likeness (QED) is 0.814. The second-order valence-electron chi connectivity index (χ2n) is 3.19. The zero-order valence-electron chi connectivity index (χ0n) is 6.97. The number of aliphatic hydroxyl groups is 1. The first-order chi connectivity index (χ1) is 6.43. The van der Waals surface area contributed by atoms with Crippen molar-refractivity contribution >= 4 is 23.1 Å². The fraction of sp³-hybridized carbons (Fsp3) is 0.500. The maximum absolute atomic E-state index is 12.5. The molecule has 1 aliphatic heterocycles. The van der Waals surface area contributed by atoms with Crippen molar-refractivity contribution < 1.29 is 18.3 Å². The van der Waals surface area contributed by atoms with Gasteiger partial charge in [0.1, 0.15) is 10.5 Å². The predicted octanol–water partition coefficient (Wildman–Crippen LogP) is 2.70. The van der Waals surface area contributed by atoms with Gasteiger partial charge in [0.15, 0.2) is 0 Å². The van der Waals surface area contributed by atoms with Gasteiger partial charge in [-0.15, -0.1) is 11.3 Å². The van der Waals surface area contributed by atoms with E-state index in [1.807, 2.05) is 0 Å². The van der Waals surface area contributed by atoms with E-state index in [0.29, 0.717) is 22.8 Å². The molecule has 1 nitrogen and oxygen atoms in total. The molecule has 6 heteroatoms. The summed E-state index contributed by atoms with van der Waals surface area (Å²) in [6, 6.07) is 1.37. The normalized spacial score (nSPS) is 20.6. The molecule has 1 saturated heterocycles. The molecule has 0 bridgehead atoms. The lowest BCUT2D eigenvalue weighted by Crippen LogP contribution is -2.40. The van der Waals surface area contributed by atoms with Crippen LogP contribution in [0.4, 0.5) is 13.2 Å². The summed E-state index contributed by atoms with van der Waals surface area (Å²) in [5.74, 6) is 0.708. The Bertz CT molecular complexity index is 341. The predicted molar refractivity (Wildman–Crippen MR) is 50.5 cm³/mol. The lowest BCUT2D eigenvalue weighted by atomic mass is 9.97. The second kappa shape index (κ2) is 3.15. The van der Waals surface area contributed by atoms with Crippen molar-refractivity contribution in [2.24, 2.45) is 0 Å². The smallest absolute Gasteiger partial charge is 0.383 e. The summed E-state index contributed by atoms with van der Waals surface area (Å²) in [5.41, 5.74) is -1.22. The van der Waals surface area contributed by atoms with Crippen LogP contribution in [0.1, 0.15) is 10.4 Å². The first-order valence-corrected chi connectivity index (χ1v) is 5.92. The van der Waals surface area contributed by atoms with Crippen LogP contribution in [0.3, 0.4) is 0 Å². The molecule has 78 valence electrons. The minimum atomic E-state index is -4.35. The van der Waals surface area contributed by atoms with Gasteiger partial charge in [-0.05, 0) is 11.4 Å². The Balaban J connectivity index is 2.39. The number of halogens is 3. The van der Waals surface area contributed by atoms with E-state index in [2.05, 4.69) is 0 Å². The lowest BCUT2D eigenvalue weighted by Gasteiger charge is -2.36. The van der Waals surface area contributed by atoms with Crippen molar-refractivity contribution in [1.82, 2.24) is 0 Å². The zero-order chi connectivity index (χ0) is 10.4. The molecule has 2 rings (SSSR count). The third-order valence-electron chi connectivity index (χ3n) is 2.11. The van der Waals surface area contributed by atoms with Gasteiger partial charge in [0.05, 0.1) is 0 Å². The van der Waals surface area contributed by atoms with Crippen LogP contribution in [0.25, 0.3) is 0 Å². The van der Waals surface area contributed by atoms with Crippen LogP contribution in [-0.4, -0.2) is 16.6 Å². The van der Waals surface area contributed by atoms with Crippen molar-refractivity contribution in [1.29, 1.82) is 0 Å². The molecule has 0 aromatic carbocycles. The molecular formula is C8H7F3OS2. The van der Waals surface area contributed by atoms with Gasteiger partial charge in [-0.2, -0.15) is 24.9 Å². The average Bonchev–Trinajstić information content (AvgIpc) is 2.46. The van der Waals surface area contributed by atoms with E-state index in [1.54, 1.807) is 0 Å². The Labute approximate surface area is 86.9 Å². The fourth-order valence-electron chi connectivity index (χ4n) is 1.35. The van der Waals surface area contributed by atoms with Crippen LogP contribution in [0.15, 0.2) is 11.4 Å². The number of thiophene rings is 1. The van der Waals surface area contributed by atoms with E-state index in [0.717, 1.165) is 0 Å². The van der Waals surface area contributed by atoms with Crippen LogP contribution >= 0.6 is 23.1 Å². The topological polar surface area (TPSA) is 20.2 Å². The van der Waals surface area contributed by atoms with Crippen molar-refractivity contribution in [2.45, 2.75) is 11.8 Å². The van der Waals surface area contributed by atoms with E-state index >= 15 is 0 Å². The Kier molecular flexibility index (Phi) is 2.32. The minimum Gasteiger partial charge on any atom is -0.383 e. The van der Waals surface area contributed by atoms with E-state index < -0.39 is 16.7 Å². The molecule has 0 radical (unpaired) electrons. The highest BCUT2D eigenvalue weighted by atomic mass is 32.2.